The predicted octanol–water partition coefficient (Wildman–Crippen LogP) is 1.26. The maximum absolute atomic E-state index is 12.5. The molecule has 3 aliphatic rings. The summed E-state index contributed by atoms with van der Waals surface area (Å²) in [5.74, 6) is 1.07. The van der Waals surface area contributed by atoms with E-state index in [-0.39, 0.29) is 11.9 Å². The molecule has 0 aliphatic carbocycles. The molecular weight excluding hydrogens is 358 g/mol. The van der Waals surface area contributed by atoms with Gasteiger partial charge < -0.3 is 14.4 Å². The molecule has 0 saturated carbocycles. The summed E-state index contributed by atoms with van der Waals surface area (Å²) in [6, 6.07) is 6.42. The Labute approximate surface area is 164 Å². The summed E-state index contributed by atoms with van der Waals surface area (Å²) < 4.78 is 13.5. The maximum atomic E-state index is 12.5. The second-order valence-corrected chi connectivity index (χ2v) is 7.77. The molecule has 3 fully saturated rings. The van der Waals surface area contributed by atoms with E-state index in [9.17, 15) is 4.79 Å². The Morgan fingerprint density at radius 2 is 2.25 bits per heavy atom. The smallest absolute Gasteiger partial charge is 0.226 e. The summed E-state index contributed by atoms with van der Waals surface area (Å²) in [5.41, 5.74) is 1.87. The van der Waals surface area contributed by atoms with Gasteiger partial charge in [-0.05, 0) is 24.1 Å². The third-order valence-corrected chi connectivity index (χ3v) is 6.25. The van der Waals surface area contributed by atoms with E-state index >= 15 is 0 Å². The van der Waals surface area contributed by atoms with E-state index in [1.165, 1.54) is 11.9 Å². The van der Waals surface area contributed by atoms with Crippen LogP contribution < -0.4 is 4.74 Å². The highest BCUT2D eigenvalue weighted by atomic mass is 16.5. The van der Waals surface area contributed by atoms with Gasteiger partial charge in [-0.1, -0.05) is 6.07 Å². The molecule has 2 aromatic rings. The Hall–Kier alpha value is -2.45. The van der Waals surface area contributed by atoms with Gasteiger partial charge in [0.2, 0.25) is 5.91 Å². The number of hydrogen-bond donors (Lipinski definition) is 0. The summed E-state index contributed by atoms with van der Waals surface area (Å²) in [7, 11) is 1.68. The fraction of sp³-hybridized carbons (Fsp3) is 0.550. The topological polar surface area (TPSA) is 72.7 Å². The zero-order valence-corrected chi connectivity index (χ0v) is 16.1. The van der Waals surface area contributed by atoms with Gasteiger partial charge in [0.25, 0.3) is 0 Å². The molecule has 0 N–H and O–H groups in total. The van der Waals surface area contributed by atoms with E-state index < -0.39 is 5.72 Å². The summed E-state index contributed by atoms with van der Waals surface area (Å²) in [5, 5.41) is 4.20. The second kappa shape index (κ2) is 6.86. The third-order valence-electron chi connectivity index (χ3n) is 6.25. The molecular formula is C20H25N5O3. The van der Waals surface area contributed by atoms with Crippen molar-refractivity contribution in [3.8, 4) is 5.75 Å². The first kappa shape index (κ1) is 17.6. The number of ether oxygens (including phenoxy) is 2. The maximum Gasteiger partial charge on any atom is 0.226 e. The second-order valence-electron chi connectivity index (χ2n) is 7.77. The Kier molecular flexibility index (Phi) is 4.32. The van der Waals surface area contributed by atoms with Gasteiger partial charge in [-0.3, -0.25) is 9.69 Å². The molecule has 1 amide bonds. The average molecular weight is 383 g/mol. The van der Waals surface area contributed by atoms with E-state index in [1.807, 2.05) is 11.0 Å². The summed E-state index contributed by atoms with van der Waals surface area (Å²) in [6.45, 7) is 3.93. The van der Waals surface area contributed by atoms with Crippen molar-refractivity contribution in [2.75, 3.05) is 26.8 Å². The van der Waals surface area contributed by atoms with E-state index in [1.54, 1.807) is 18.1 Å². The van der Waals surface area contributed by atoms with Gasteiger partial charge in [-0.25, -0.2) is 9.67 Å². The first-order valence-electron chi connectivity index (χ1n) is 9.86. The SMILES string of the molecule is COc1ccc(CN2CC[C@@]34OCCCN3C(=O)C[C@@H]24)cc1Cn1cncn1. The Bertz CT molecular complexity index is 871. The Morgan fingerprint density at radius 1 is 1.32 bits per heavy atom. The van der Waals surface area contributed by atoms with Crippen LogP contribution in [0.5, 0.6) is 5.75 Å². The normalized spacial score (nSPS) is 27.1. The van der Waals surface area contributed by atoms with Crippen LogP contribution in [0.15, 0.2) is 30.9 Å². The standard InChI is InChI=1S/C20H25N5O3/c1-27-17-4-3-15(9-16(17)12-24-14-21-13-22-24)11-23-7-5-20-18(23)10-19(26)25(20)6-2-8-28-20/h3-4,9,13-14,18H,2,5-8,10-12H2,1H3/t18-,20+/m1/s1. The molecule has 4 heterocycles. The molecule has 28 heavy (non-hydrogen) atoms. The minimum Gasteiger partial charge on any atom is -0.496 e. The molecule has 8 nitrogen and oxygen atoms in total. The van der Waals surface area contributed by atoms with Crippen LogP contribution in [0.2, 0.25) is 0 Å². The first-order chi connectivity index (χ1) is 13.7. The zero-order chi connectivity index (χ0) is 19.1. The molecule has 2 atom stereocenters. The predicted molar refractivity (Wildman–Crippen MR) is 101 cm³/mol. The van der Waals surface area contributed by atoms with Crippen molar-refractivity contribution in [2.45, 2.75) is 44.1 Å². The molecule has 8 heteroatoms. The molecule has 0 bridgehead atoms. The van der Waals surface area contributed by atoms with Crippen LogP contribution >= 0.6 is 0 Å². The lowest BCUT2D eigenvalue weighted by Crippen LogP contribution is -2.56. The van der Waals surface area contributed by atoms with Crippen LogP contribution in [0.4, 0.5) is 0 Å². The largest absolute Gasteiger partial charge is 0.496 e. The van der Waals surface area contributed by atoms with Crippen LogP contribution in [-0.2, 0) is 22.6 Å². The van der Waals surface area contributed by atoms with Crippen molar-refractivity contribution in [1.29, 1.82) is 0 Å². The molecule has 3 saturated heterocycles. The van der Waals surface area contributed by atoms with Crippen molar-refractivity contribution >= 4 is 5.91 Å². The number of methoxy groups -OCH3 is 1. The number of rotatable bonds is 5. The number of benzene rings is 1. The highest BCUT2D eigenvalue weighted by Gasteiger charge is 2.60. The van der Waals surface area contributed by atoms with Crippen molar-refractivity contribution < 1.29 is 14.3 Å². The summed E-state index contributed by atoms with van der Waals surface area (Å²) >= 11 is 0. The lowest BCUT2D eigenvalue weighted by Gasteiger charge is -2.42. The molecule has 0 unspecified atom stereocenters. The van der Waals surface area contributed by atoms with Gasteiger partial charge >= 0.3 is 0 Å². The molecule has 3 aliphatic heterocycles. The van der Waals surface area contributed by atoms with E-state index in [0.717, 1.165) is 50.4 Å². The van der Waals surface area contributed by atoms with Crippen LogP contribution in [0.25, 0.3) is 0 Å². The van der Waals surface area contributed by atoms with Crippen molar-refractivity contribution in [3.63, 3.8) is 0 Å². The highest BCUT2D eigenvalue weighted by molar-refractivity contribution is 5.81. The number of carbonyl (C=O) groups is 1. The number of carbonyl (C=O) groups excluding carboxylic acids is 1. The minimum absolute atomic E-state index is 0.140. The van der Waals surface area contributed by atoms with Crippen LogP contribution in [0.1, 0.15) is 30.4 Å². The molecule has 1 spiro atoms. The van der Waals surface area contributed by atoms with Crippen LogP contribution in [-0.4, -0.2) is 69.0 Å². The van der Waals surface area contributed by atoms with Gasteiger partial charge in [0.15, 0.2) is 5.72 Å². The third kappa shape index (κ3) is 2.79. The first-order valence-corrected chi connectivity index (χ1v) is 9.86. The monoisotopic (exact) mass is 383 g/mol. The van der Waals surface area contributed by atoms with Crippen molar-refractivity contribution in [2.24, 2.45) is 0 Å². The van der Waals surface area contributed by atoms with E-state index in [0.29, 0.717) is 13.0 Å². The quantitative estimate of drug-likeness (QED) is 0.774. The summed E-state index contributed by atoms with van der Waals surface area (Å²) in [4.78, 5) is 20.9. The van der Waals surface area contributed by atoms with E-state index in [2.05, 4.69) is 27.1 Å². The van der Waals surface area contributed by atoms with Gasteiger partial charge in [-0.2, -0.15) is 5.10 Å². The average Bonchev–Trinajstić information content (AvgIpc) is 3.39. The van der Waals surface area contributed by atoms with Gasteiger partial charge in [-0.15, -0.1) is 0 Å². The Balaban J connectivity index is 1.37. The minimum atomic E-state index is -0.397. The molecule has 148 valence electrons. The fourth-order valence-corrected chi connectivity index (χ4v) is 5.00. The van der Waals surface area contributed by atoms with Crippen LogP contribution in [0, 0.1) is 0 Å². The van der Waals surface area contributed by atoms with Gasteiger partial charge in [0.05, 0.1) is 26.3 Å². The number of nitrogens with zero attached hydrogens (tertiary/aromatic N) is 5. The van der Waals surface area contributed by atoms with Gasteiger partial charge in [0.1, 0.15) is 18.4 Å². The van der Waals surface area contributed by atoms with Gasteiger partial charge in [0, 0.05) is 38.0 Å². The number of aromatic nitrogens is 3. The molecule has 0 radical (unpaired) electrons. The fourth-order valence-electron chi connectivity index (χ4n) is 5.00. The Morgan fingerprint density at radius 3 is 3.07 bits per heavy atom. The molecule has 1 aromatic carbocycles. The number of hydrogen-bond acceptors (Lipinski definition) is 6. The van der Waals surface area contributed by atoms with Crippen LogP contribution in [0.3, 0.4) is 0 Å². The van der Waals surface area contributed by atoms with Crippen molar-refractivity contribution in [3.05, 3.63) is 42.0 Å². The molecule has 5 rings (SSSR count). The lowest BCUT2D eigenvalue weighted by atomic mass is 10.0. The number of likely N-dealkylation sites (tertiary alicyclic amines) is 1. The van der Waals surface area contributed by atoms with Crippen molar-refractivity contribution in [1.82, 2.24) is 24.6 Å². The highest BCUT2D eigenvalue weighted by Crippen LogP contribution is 2.45. The molecule has 1 aromatic heterocycles. The summed E-state index contributed by atoms with van der Waals surface area (Å²) in [6.07, 6.45) is 5.63. The zero-order valence-electron chi connectivity index (χ0n) is 16.1. The van der Waals surface area contributed by atoms with E-state index in [4.69, 9.17) is 9.47 Å². The lowest BCUT2D eigenvalue weighted by molar-refractivity contribution is -0.180. The number of amides is 1.